The van der Waals surface area contributed by atoms with Crippen molar-refractivity contribution in [2.75, 3.05) is 55.6 Å². The smallest absolute Gasteiger partial charge is 0.282 e. The number of anilines is 2. The number of piperidine rings is 1. The summed E-state index contributed by atoms with van der Waals surface area (Å²) in [5, 5.41) is 0. The van der Waals surface area contributed by atoms with Crippen molar-refractivity contribution in [3.05, 3.63) is 65.9 Å². The molecule has 0 saturated carbocycles. The van der Waals surface area contributed by atoms with Gasteiger partial charge in [0.25, 0.3) is 11.8 Å². The lowest BCUT2D eigenvalue weighted by molar-refractivity contribution is -0.120. The van der Waals surface area contributed by atoms with Crippen LogP contribution in [0.25, 0.3) is 5.57 Å². The van der Waals surface area contributed by atoms with Gasteiger partial charge in [-0.15, -0.1) is 0 Å². The number of carbonyl (C=O) groups excluding carboxylic acids is 2. The second kappa shape index (κ2) is 9.63. The Hall–Kier alpha value is -3.12. The van der Waals surface area contributed by atoms with Crippen LogP contribution in [0.2, 0.25) is 0 Å². The fraction of sp³-hybridized carbons (Fsp3) is 0.429. The number of rotatable bonds is 5. The van der Waals surface area contributed by atoms with Crippen LogP contribution in [0.1, 0.15) is 32.3 Å². The van der Waals surface area contributed by atoms with Gasteiger partial charge in [-0.2, -0.15) is 0 Å². The molecule has 2 fully saturated rings. The Kier molecular flexibility index (Phi) is 6.42. The van der Waals surface area contributed by atoms with Crippen LogP contribution in [0.5, 0.6) is 0 Å². The fourth-order valence-electron chi connectivity index (χ4n) is 5.28. The van der Waals surface area contributed by atoms with Gasteiger partial charge in [0, 0.05) is 45.0 Å². The molecule has 0 aliphatic carbocycles. The normalized spacial score (nSPS) is 20.6. The number of hydrogen-bond donors (Lipinski definition) is 0. The van der Waals surface area contributed by atoms with Crippen LogP contribution in [-0.2, 0) is 9.59 Å². The molecule has 5 rings (SSSR count). The summed E-state index contributed by atoms with van der Waals surface area (Å²) in [5.41, 5.74) is 3.66. The minimum absolute atomic E-state index is 0.214. The molecular weight excluding hydrogens is 424 g/mol. The number of imide groups is 1. The van der Waals surface area contributed by atoms with Crippen LogP contribution in [0.15, 0.2) is 60.3 Å². The molecule has 6 heteroatoms. The first-order valence-electron chi connectivity index (χ1n) is 12.6. The predicted molar refractivity (Wildman–Crippen MR) is 137 cm³/mol. The van der Waals surface area contributed by atoms with Crippen molar-refractivity contribution >= 4 is 28.8 Å². The number of nitrogens with zero attached hydrogens (tertiary/aromatic N) is 4. The summed E-state index contributed by atoms with van der Waals surface area (Å²) < 4.78 is 0. The molecule has 0 N–H and O–H groups in total. The summed E-state index contributed by atoms with van der Waals surface area (Å²) in [5.74, 6) is 0.326. The molecule has 0 spiro atoms. The van der Waals surface area contributed by atoms with E-state index in [2.05, 4.69) is 28.5 Å². The van der Waals surface area contributed by atoms with E-state index in [1.165, 1.54) is 17.7 Å². The topological polar surface area (TPSA) is 47.1 Å². The summed E-state index contributed by atoms with van der Waals surface area (Å²) in [4.78, 5) is 35.7. The highest BCUT2D eigenvalue weighted by Gasteiger charge is 2.43. The molecule has 2 aromatic carbocycles. The standard InChI is InChI=1S/C28H34N4O2/c1-3-29-17-19-31(20-18-29)26-25(22-7-5-4-6-8-22)27(33)32(28(26)34)24-11-9-23(10-12-24)30-15-13-21(2)14-16-30/h4-12,21H,3,13-20H2,1-2H3. The number of piperazine rings is 1. The maximum Gasteiger partial charge on any atom is 0.282 e. The molecule has 0 atom stereocenters. The molecule has 2 amide bonds. The fourth-order valence-corrected chi connectivity index (χ4v) is 5.28. The third kappa shape index (κ3) is 4.23. The number of amides is 2. The Morgan fingerprint density at radius 2 is 1.35 bits per heavy atom. The van der Waals surface area contributed by atoms with E-state index >= 15 is 0 Å². The van der Waals surface area contributed by atoms with Gasteiger partial charge in [-0.25, -0.2) is 4.90 Å². The van der Waals surface area contributed by atoms with Gasteiger partial charge in [0.15, 0.2) is 0 Å². The van der Waals surface area contributed by atoms with Crippen molar-refractivity contribution in [1.29, 1.82) is 0 Å². The first kappa shape index (κ1) is 22.7. The highest BCUT2D eigenvalue weighted by Crippen LogP contribution is 2.36. The zero-order valence-corrected chi connectivity index (χ0v) is 20.2. The summed E-state index contributed by atoms with van der Waals surface area (Å²) in [7, 11) is 0. The SMILES string of the molecule is CCN1CCN(C2=C(c3ccccc3)C(=O)N(c3ccc(N4CCC(C)CC4)cc3)C2=O)CC1. The van der Waals surface area contributed by atoms with E-state index in [0.29, 0.717) is 17.0 Å². The minimum Gasteiger partial charge on any atom is -0.372 e. The zero-order valence-electron chi connectivity index (χ0n) is 20.2. The molecule has 3 heterocycles. The van der Waals surface area contributed by atoms with Crippen molar-refractivity contribution in [2.24, 2.45) is 5.92 Å². The molecule has 3 aliphatic heterocycles. The van der Waals surface area contributed by atoms with Crippen molar-refractivity contribution in [3.63, 3.8) is 0 Å². The molecule has 178 valence electrons. The first-order chi connectivity index (χ1) is 16.6. The summed E-state index contributed by atoms with van der Waals surface area (Å²) in [6.45, 7) is 10.9. The Bertz CT molecular complexity index is 1060. The molecule has 6 nitrogen and oxygen atoms in total. The van der Waals surface area contributed by atoms with Crippen LogP contribution < -0.4 is 9.80 Å². The molecule has 2 saturated heterocycles. The van der Waals surface area contributed by atoms with E-state index < -0.39 is 0 Å². The Labute approximate surface area is 202 Å². The average Bonchev–Trinajstić information content (AvgIpc) is 3.15. The Morgan fingerprint density at radius 1 is 0.735 bits per heavy atom. The Morgan fingerprint density at radius 3 is 1.97 bits per heavy atom. The molecule has 0 aromatic heterocycles. The van der Waals surface area contributed by atoms with Gasteiger partial charge in [-0.05, 0) is 55.1 Å². The monoisotopic (exact) mass is 458 g/mol. The number of hydrogen-bond acceptors (Lipinski definition) is 5. The summed E-state index contributed by atoms with van der Waals surface area (Å²) >= 11 is 0. The number of benzene rings is 2. The second-order valence-electron chi connectivity index (χ2n) is 9.64. The molecule has 3 aliphatic rings. The third-order valence-electron chi connectivity index (χ3n) is 7.51. The van der Waals surface area contributed by atoms with Gasteiger partial charge < -0.3 is 14.7 Å². The van der Waals surface area contributed by atoms with Crippen molar-refractivity contribution in [1.82, 2.24) is 9.80 Å². The van der Waals surface area contributed by atoms with E-state index in [1.807, 2.05) is 54.6 Å². The van der Waals surface area contributed by atoms with E-state index in [9.17, 15) is 9.59 Å². The maximum atomic E-state index is 13.8. The van der Waals surface area contributed by atoms with Gasteiger partial charge in [0.05, 0.1) is 11.3 Å². The lowest BCUT2D eigenvalue weighted by Crippen LogP contribution is -2.47. The predicted octanol–water partition coefficient (Wildman–Crippen LogP) is 3.84. The van der Waals surface area contributed by atoms with Crippen LogP contribution in [0, 0.1) is 5.92 Å². The van der Waals surface area contributed by atoms with Crippen LogP contribution in [0.4, 0.5) is 11.4 Å². The minimum atomic E-state index is -0.233. The zero-order chi connectivity index (χ0) is 23.7. The Balaban J connectivity index is 1.44. The lowest BCUT2D eigenvalue weighted by Gasteiger charge is -2.36. The van der Waals surface area contributed by atoms with E-state index in [0.717, 1.165) is 63.0 Å². The van der Waals surface area contributed by atoms with Crippen LogP contribution in [0.3, 0.4) is 0 Å². The van der Waals surface area contributed by atoms with Crippen LogP contribution in [-0.4, -0.2) is 67.4 Å². The van der Waals surface area contributed by atoms with Crippen molar-refractivity contribution in [3.8, 4) is 0 Å². The van der Waals surface area contributed by atoms with Gasteiger partial charge >= 0.3 is 0 Å². The van der Waals surface area contributed by atoms with Crippen LogP contribution >= 0.6 is 0 Å². The molecular formula is C28H34N4O2. The van der Waals surface area contributed by atoms with Gasteiger partial charge in [0.1, 0.15) is 5.70 Å². The summed E-state index contributed by atoms with van der Waals surface area (Å²) in [6.07, 6.45) is 2.40. The van der Waals surface area contributed by atoms with Gasteiger partial charge in [-0.1, -0.05) is 44.2 Å². The summed E-state index contributed by atoms with van der Waals surface area (Å²) in [6, 6.07) is 17.6. The molecule has 0 unspecified atom stereocenters. The first-order valence-corrected chi connectivity index (χ1v) is 12.6. The largest absolute Gasteiger partial charge is 0.372 e. The highest BCUT2D eigenvalue weighted by molar-refractivity contribution is 6.45. The highest BCUT2D eigenvalue weighted by atomic mass is 16.2. The number of carbonyl (C=O) groups is 2. The van der Waals surface area contributed by atoms with Crippen molar-refractivity contribution in [2.45, 2.75) is 26.7 Å². The molecule has 0 bridgehead atoms. The third-order valence-corrected chi connectivity index (χ3v) is 7.51. The average molecular weight is 459 g/mol. The van der Waals surface area contributed by atoms with E-state index in [1.54, 1.807) is 0 Å². The maximum absolute atomic E-state index is 13.8. The van der Waals surface area contributed by atoms with E-state index in [4.69, 9.17) is 0 Å². The van der Waals surface area contributed by atoms with Gasteiger partial charge in [-0.3, -0.25) is 9.59 Å². The van der Waals surface area contributed by atoms with E-state index in [-0.39, 0.29) is 11.8 Å². The van der Waals surface area contributed by atoms with Crippen molar-refractivity contribution < 1.29 is 9.59 Å². The molecule has 34 heavy (non-hydrogen) atoms. The van der Waals surface area contributed by atoms with Gasteiger partial charge in [0.2, 0.25) is 0 Å². The number of likely N-dealkylation sites (N-methyl/N-ethyl adjacent to an activating group) is 1. The molecule has 2 aromatic rings. The molecule has 0 radical (unpaired) electrons. The lowest BCUT2D eigenvalue weighted by atomic mass is 9.99. The quantitative estimate of drug-likeness (QED) is 0.637. The second-order valence-corrected chi connectivity index (χ2v) is 9.64.